The van der Waals surface area contributed by atoms with Crippen molar-refractivity contribution in [3.8, 4) is 11.5 Å². The Balaban J connectivity index is 1.89. The molecular formula is C28H29ClN2O5S. The molecule has 7 nitrogen and oxygen atoms in total. The number of carbonyl (C=O) groups excluding carboxylic acids is 1. The van der Waals surface area contributed by atoms with Crippen molar-refractivity contribution in [1.82, 2.24) is 4.57 Å². The van der Waals surface area contributed by atoms with Crippen LogP contribution in [0.5, 0.6) is 11.5 Å². The fourth-order valence-corrected chi connectivity index (χ4v) is 5.47. The highest BCUT2D eigenvalue weighted by atomic mass is 35.5. The zero-order valence-corrected chi connectivity index (χ0v) is 23.0. The molecule has 0 saturated heterocycles. The number of rotatable bonds is 8. The molecule has 2 aromatic carbocycles. The second-order valence-corrected chi connectivity index (χ2v) is 10.4. The Morgan fingerprint density at radius 3 is 2.57 bits per heavy atom. The minimum atomic E-state index is -0.646. The molecule has 4 rings (SSSR count). The van der Waals surface area contributed by atoms with Crippen molar-refractivity contribution in [2.24, 2.45) is 10.9 Å². The van der Waals surface area contributed by atoms with E-state index in [0.29, 0.717) is 61.6 Å². The van der Waals surface area contributed by atoms with E-state index in [1.807, 2.05) is 51.1 Å². The van der Waals surface area contributed by atoms with E-state index in [4.69, 9.17) is 25.8 Å². The summed E-state index contributed by atoms with van der Waals surface area (Å²) in [5, 5.41) is 0.391. The third-order valence-corrected chi connectivity index (χ3v) is 7.14. The third-order valence-electron chi connectivity index (χ3n) is 5.88. The van der Waals surface area contributed by atoms with Gasteiger partial charge in [0.05, 0.1) is 47.7 Å². The molecule has 0 fully saturated rings. The van der Waals surface area contributed by atoms with Crippen molar-refractivity contribution < 1.29 is 19.0 Å². The van der Waals surface area contributed by atoms with Gasteiger partial charge in [0, 0.05) is 0 Å². The highest BCUT2D eigenvalue weighted by Crippen LogP contribution is 2.37. The third kappa shape index (κ3) is 5.36. The van der Waals surface area contributed by atoms with E-state index in [1.54, 1.807) is 29.9 Å². The standard InChI is InChI=1S/C28H29ClN2O5S/c1-6-20-23(27(33)35-5)24(18-10-8-7-9-11-18)31-26(32)22(37-28(31)30-20)14-17-12-19(29)25(21(13-17)34-4)36-15-16(2)3/h7-14,16,24H,6,15H2,1-5H3/b22-14-/t24-/m1/s1. The quantitative estimate of drug-likeness (QED) is 0.393. The molecule has 1 aliphatic rings. The number of hydrogen-bond donors (Lipinski definition) is 0. The van der Waals surface area contributed by atoms with Gasteiger partial charge in [0.15, 0.2) is 16.3 Å². The average Bonchev–Trinajstić information content (AvgIpc) is 3.20. The van der Waals surface area contributed by atoms with Gasteiger partial charge >= 0.3 is 5.97 Å². The van der Waals surface area contributed by atoms with Gasteiger partial charge in [-0.15, -0.1) is 0 Å². The summed E-state index contributed by atoms with van der Waals surface area (Å²) in [6.45, 7) is 6.52. The molecule has 0 saturated carbocycles. The van der Waals surface area contributed by atoms with Crippen LogP contribution in [0, 0.1) is 5.92 Å². The number of allylic oxidation sites excluding steroid dienone is 1. The lowest BCUT2D eigenvalue weighted by atomic mass is 9.95. The highest BCUT2D eigenvalue weighted by molar-refractivity contribution is 7.07. The second-order valence-electron chi connectivity index (χ2n) is 8.94. The van der Waals surface area contributed by atoms with Gasteiger partial charge in [-0.25, -0.2) is 9.79 Å². The zero-order chi connectivity index (χ0) is 26.7. The molecule has 0 unspecified atom stereocenters. The Morgan fingerprint density at radius 1 is 1.22 bits per heavy atom. The van der Waals surface area contributed by atoms with Gasteiger partial charge in [0.25, 0.3) is 5.56 Å². The Hall–Kier alpha value is -3.36. The minimum absolute atomic E-state index is 0.260. The average molecular weight is 541 g/mol. The molecule has 9 heteroatoms. The van der Waals surface area contributed by atoms with Crippen LogP contribution < -0.4 is 24.4 Å². The van der Waals surface area contributed by atoms with Gasteiger partial charge in [-0.2, -0.15) is 0 Å². The molecule has 0 amide bonds. The van der Waals surface area contributed by atoms with Crippen molar-refractivity contribution in [3.63, 3.8) is 0 Å². The number of halogens is 1. The number of hydrogen-bond acceptors (Lipinski definition) is 7. The van der Waals surface area contributed by atoms with Crippen molar-refractivity contribution >= 4 is 35.0 Å². The first-order valence-electron chi connectivity index (χ1n) is 12.0. The van der Waals surface area contributed by atoms with E-state index >= 15 is 0 Å². The topological polar surface area (TPSA) is 79.1 Å². The molecule has 194 valence electrons. The lowest BCUT2D eigenvalue weighted by Crippen LogP contribution is -2.40. The largest absolute Gasteiger partial charge is 0.493 e. The second kappa shape index (κ2) is 11.4. The van der Waals surface area contributed by atoms with Crippen LogP contribution in [-0.2, 0) is 9.53 Å². The lowest BCUT2D eigenvalue weighted by molar-refractivity contribution is -0.136. The first-order valence-corrected chi connectivity index (χ1v) is 13.2. The van der Waals surface area contributed by atoms with Crippen LogP contribution in [0.4, 0.5) is 0 Å². The van der Waals surface area contributed by atoms with Crippen LogP contribution in [0.25, 0.3) is 6.08 Å². The number of nitrogens with zero attached hydrogens (tertiary/aromatic N) is 2. The highest BCUT2D eigenvalue weighted by Gasteiger charge is 2.33. The summed E-state index contributed by atoms with van der Waals surface area (Å²) >= 11 is 7.79. The van der Waals surface area contributed by atoms with E-state index in [-0.39, 0.29) is 5.56 Å². The number of aromatic nitrogens is 1. The monoisotopic (exact) mass is 540 g/mol. The van der Waals surface area contributed by atoms with Crippen molar-refractivity contribution in [1.29, 1.82) is 0 Å². The van der Waals surface area contributed by atoms with Crippen molar-refractivity contribution in [2.45, 2.75) is 33.2 Å². The fraction of sp³-hybridized carbons (Fsp3) is 0.321. The summed E-state index contributed by atoms with van der Waals surface area (Å²) in [7, 11) is 2.88. The van der Waals surface area contributed by atoms with E-state index in [9.17, 15) is 9.59 Å². The van der Waals surface area contributed by atoms with E-state index in [1.165, 1.54) is 18.4 Å². The predicted octanol–water partition coefficient (Wildman–Crippen LogP) is 4.50. The molecule has 0 radical (unpaired) electrons. The van der Waals surface area contributed by atoms with Crippen LogP contribution in [-0.4, -0.2) is 31.4 Å². The Kier molecular flexibility index (Phi) is 8.19. The maximum absolute atomic E-state index is 13.8. The maximum Gasteiger partial charge on any atom is 0.338 e. The van der Waals surface area contributed by atoms with E-state index in [2.05, 4.69) is 4.99 Å². The molecule has 1 aliphatic heterocycles. The first kappa shape index (κ1) is 26.7. The number of esters is 1. The Bertz CT molecular complexity index is 1520. The van der Waals surface area contributed by atoms with Crippen LogP contribution in [0.3, 0.4) is 0 Å². The minimum Gasteiger partial charge on any atom is -0.493 e. The van der Waals surface area contributed by atoms with E-state index < -0.39 is 12.0 Å². The summed E-state index contributed by atoms with van der Waals surface area (Å²) in [4.78, 5) is 31.8. The molecule has 0 spiro atoms. The summed E-state index contributed by atoms with van der Waals surface area (Å²) in [6.07, 6.45) is 2.27. The SMILES string of the molecule is CCC1=C(C(=O)OC)[C@@H](c2ccccc2)n2c(s/c(=C\c3cc(Cl)c(OCC(C)C)c(OC)c3)c2=O)=N1. The smallest absolute Gasteiger partial charge is 0.338 e. The Labute approximate surface area is 224 Å². The molecule has 1 atom stereocenters. The fourth-order valence-electron chi connectivity index (χ4n) is 4.18. The van der Waals surface area contributed by atoms with Crippen LogP contribution in [0.2, 0.25) is 5.02 Å². The molecule has 3 aromatic rings. The van der Waals surface area contributed by atoms with Gasteiger partial charge in [-0.05, 0) is 41.7 Å². The van der Waals surface area contributed by atoms with Gasteiger partial charge in [0.1, 0.15) is 0 Å². The van der Waals surface area contributed by atoms with Crippen LogP contribution >= 0.6 is 22.9 Å². The summed E-state index contributed by atoms with van der Waals surface area (Å²) in [5.74, 6) is 0.769. The molecule has 37 heavy (non-hydrogen) atoms. The van der Waals surface area contributed by atoms with Gasteiger partial charge in [-0.1, -0.05) is 74.0 Å². The molecule has 0 aliphatic carbocycles. The molecule has 0 bridgehead atoms. The van der Waals surface area contributed by atoms with Crippen molar-refractivity contribution in [2.75, 3.05) is 20.8 Å². The van der Waals surface area contributed by atoms with Crippen LogP contribution in [0.15, 0.2) is 63.5 Å². The summed E-state index contributed by atoms with van der Waals surface area (Å²) < 4.78 is 18.5. The predicted molar refractivity (Wildman–Crippen MR) is 145 cm³/mol. The summed E-state index contributed by atoms with van der Waals surface area (Å²) in [6, 6.07) is 12.3. The Morgan fingerprint density at radius 2 is 1.95 bits per heavy atom. The number of benzene rings is 2. The normalized spacial score (nSPS) is 15.4. The van der Waals surface area contributed by atoms with Crippen LogP contribution in [0.1, 0.15) is 44.4 Å². The number of ether oxygens (including phenoxy) is 3. The molecule has 2 heterocycles. The number of thiazole rings is 1. The van der Waals surface area contributed by atoms with Gasteiger partial charge < -0.3 is 14.2 Å². The molecule has 1 aromatic heterocycles. The lowest BCUT2D eigenvalue weighted by Gasteiger charge is -2.25. The molecule has 0 N–H and O–H groups in total. The number of methoxy groups -OCH3 is 2. The van der Waals surface area contributed by atoms with Crippen molar-refractivity contribution in [3.05, 3.63) is 89.6 Å². The summed E-state index contributed by atoms with van der Waals surface area (Å²) in [5.41, 5.74) is 2.19. The van der Waals surface area contributed by atoms with Gasteiger partial charge in [0.2, 0.25) is 0 Å². The first-order chi connectivity index (χ1) is 17.8. The van der Waals surface area contributed by atoms with E-state index in [0.717, 1.165) is 5.56 Å². The molecular weight excluding hydrogens is 512 g/mol. The van der Waals surface area contributed by atoms with Gasteiger partial charge in [-0.3, -0.25) is 9.36 Å². The maximum atomic E-state index is 13.8. The number of fused-ring (bicyclic) bond motifs is 1. The zero-order valence-electron chi connectivity index (χ0n) is 21.4. The number of carbonyl (C=O) groups is 1.